The molecule has 1 aromatic rings. The molecule has 122 valence electrons. The Balaban J connectivity index is 1.85. The molecule has 0 aromatic heterocycles. The lowest BCUT2D eigenvalue weighted by Gasteiger charge is -2.22. The Morgan fingerprint density at radius 3 is 2.59 bits per heavy atom. The van der Waals surface area contributed by atoms with Crippen LogP contribution in [0.3, 0.4) is 0 Å². The van der Waals surface area contributed by atoms with E-state index in [-0.39, 0.29) is 6.61 Å². The van der Waals surface area contributed by atoms with Crippen molar-refractivity contribution in [3.05, 3.63) is 34.9 Å². The zero-order valence-corrected chi connectivity index (χ0v) is 13.5. The van der Waals surface area contributed by atoms with E-state index in [2.05, 4.69) is 0 Å². The monoisotopic (exact) mass is 347 g/mol. The Hall–Kier alpha value is -0.700. The van der Waals surface area contributed by atoms with Crippen molar-refractivity contribution in [3.63, 3.8) is 0 Å². The van der Waals surface area contributed by atoms with E-state index in [0.29, 0.717) is 5.02 Å². The van der Waals surface area contributed by atoms with Crippen LogP contribution in [-0.2, 0) is 24.0 Å². The summed E-state index contributed by atoms with van der Waals surface area (Å²) >= 11 is 6.24. The molecule has 1 saturated heterocycles. The maximum Gasteiger partial charge on any atom is 0.333 e. The van der Waals surface area contributed by atoms with Gasteiger partial charge in [-0.15, -0.1) is 0 Å². The minimum atomic E-state index is -4.03. The van der Waals surface area contributed by atoms with E-state index in [1.807, 2.05) is 18.2 Å². The third kappa shape index (κ3) is 3.45. The summed E-state index contributed by atoms with van der Waals surface area (Å²) in [4.78, 5) is 0. The first-order chi connectivity index (χ1) is 10.4. The number of benzene rings is 1. The average molecular weight is 348 g/mol. The molecule has 22 heavy (non-hydrogen) atoms. The zero-order chi connectivity index (χ0) is 15.8. The summed E-state index contributed by atoms with van der Waals surface area (Å²) in [6, 6.07) is 7.27. The molecule has 0 amide bonds. The molecule has 1 aliphatic heterocycles. The maximum absolute atomic E-state index is 11.0. The lowest BCUT2D eigenvalue weighted by Crippen LogP contribution is -2.29. The van der Waals surface area contributed by atoms with E-state index < -0.39 is 28.3 Å². The first-order valence-electron chi connectivity index (χ1n) is 7.16. The highest BCUT2D eigenvalue weighted by Gasteiger charge is 2.50. The van der Waals surface area contributed by atoms with Crippen molar-refractivity contribution in [2.45, 2.75) is 43.7 Å². The van der Waals surface area contributed by atoms with Gasteiger partial charge in [-0.25, -0.2) is 5.14 Å². The first kappa shape index (κ1) is 16.2. The van der Waals surface area contributed by atoms with Gasteiger partial charge in [0.15, 0.2) is 5.79 Å². The third-order valence-electron chi connectivity index (χ3n) is 4.02. The van der Waals surface area contributed by atoms with Crippen LogP contribution in [0.4, 0.5) is 0 Å². The molecular weight excluding hydrogens is 330 g/mol. The molecule has 3 rings (SSSR count). The maximum atomic E-state index is 11.0. The fourth-order valence-corrected chi connectivity index (χ4v) is 3.64. The SMILES string of the molecule is NS(=O)(=O)OC[C@H]1OC2(CCCC2)O[C@@H]1c1ccccc1Cl. The van der Waals surface area contributed by atoms with Crippen LogP contribution in [-0.4, -0.2) is 26.9 Å². The van der Waals surface area contributed by atoms with Crippen molar-refractivity contribution >= 4 is 21.9 Å². The van der Waals surface area contributed by atoms with E-state index >= 15 is 0 Å². The third-order valence-corrected chi connectivity index (χ3v) is 4.83. The van der Waals surface area contributed by atoms with Crippen LogP contribution in [0.5, 0.6) is 0 Å². The van der Waals surface area contributed by atoms with Crippen molar-refractivity contribution in [1.29, 1.82) is 0 Å². The van der Waals surface area contributed by atoms with Gasteiger partial charge in [-0.2, -0.15) is 8.42 Å². The molecule has 2 aliphatic rings. The molecule has 0 radical (unpaired) electrons. The smallest absolute Gasteiger partial charge is 0.333 e. The number of halogens is 1. The topological polar surface area (TPSA) is 87.9 Å². The second-order valence-corrected chi connectivity index (χ2v) is 7.24. The standard InChI is InChI=1S/C14H18ClNO5S/c15-11-6-2-1-5-10(11)13-12(9-19-22(16,17)18)20-14(21-13)7-3-4-8-14/h1-2,5-6,12-13H,3-4,7-9H2,(H2,16,17,18)/t12-,13-/m1/s1. The van der Waals surface area contributed by atoms with Crippen molar-refractivity contribution in [2.75, 3.05) is 6.61 Å². The van der Waals surface area contributed by atoms with Gasteiger partial charge in [0.05, 0.1) is 6.61 Å². The number of hydrogen-bond donors (Lipinski definition) is 1. The molecule has 8 heteroatoms. The summed E-state index contributed by atoms with van der Waals surface area (Å²) in [7, 11) is -4.03. The molecule has 0 unspecified atom stereocenters. The molecule has 6 nitrogen and oxygen atoms in total. The van der Waals surface area contributed by atoms with Crippen LogP contribution in [0, 0.1) is 0 Å². The number of hydrogen-bond acceptors (Lipinski definition) is 5. The van der Waals surface area contributed by atoms with Crippen LogP contribution in [0.1, 0.15) is 37.4 Å². The van der Waals surface area contributed by atoms with Crippen molar-refractivity contribution in [2.24, 2.45) is 5.14 Å². The quantitative estimate of drug-likeness (QED) is 0.902. The lowest BCUT2D eigenvalue weighted by atomic mass is 10.1. The van der Waals surface area contributed by atoms with Gasteiger partial charge in [-0.1, -0.05) is 29.8 Å². The molecule has 2 fully saturated rings. The second kappa shape index (κ2) is 6.07. The van der Waals surface area contributed by atoms with Gasteiger partial charge >= 0.3 is 10.3 Å². The van der Waals surface area contributed by atoms with Gasteiger partial charge in [0, 0.05) is 23.4 Å². The van der Waals surface area contributed by atoms with Gasteiger partial charge in [-0.05, 0) is 18.9 Å². The Morgan fingerprint density at radius 1 is 1.27 bits per heavy atom. The fourth-order valence-electron chi connectivity index (χ4n) is 3.08. The molecule has 0 bridgehead atoms. The van der Waals surface area contributed by atoms with Crippen LogP contribution >= 0.6 is 11.6 Å². The van der Waals surface area contributed by atoms with E-state index in [1.54, 1.807) is 6.07 Å². The highest BCUT2D eigenvalue weighted by molar-refractivity contribution is 7.84. The highest BCUT2D eigenvalue weighted by Crippen LogP contribution is 2.48. The summed E-state index contributed by atoms with van der Waals surface area (Å²) in [6.07, 6.45) is 2.53. The second-order valence-electron chi connectivity index (χ2n) is 5.61. The molecule has 1 saturated carbocycles. The van der Waals surface area contributed by atoms with Gasteiger partial charge in [0.25, 0.3) is 0 Å². The summed E-state index contributed by atoms with van der Waals surface area (Å²) in [6.45, 7) is -0.198. The van der Waals surface area contributed by atoms with Gasteiger partial charge in [0.2, 0.25) is 0 Å². The number of rotatable bonds is 4. The van der Waals surface area contributed by atoms with E-state index in [0.717, 1.165) is 31.2 Å². The largest absolute Gasteiger partial charge is 0.341 e. The van der Waals surface area contributed by atoms with Gasteiger partial charge in [-0.3, -0.25) is 4.18 Å². The summed E-state index contributed by atoms with van der Waals surface area (Å²) in [5.74, 6) is -0.670. The van der Waals surface area contributed by atoms with E-state index in [9.17, 15) is 8.42 Å². The minimum absolute atomic E-state index is 0.198. The van der Waals surface area contributed by atoms with E-state index in [4.69, 9.17) is 30.4 Å². The minimum Gasteiger partial charge on any atom is -0.341 e. The van der Waals surface area contributed by atoms with Crippen LogP contribution in [0.2, 0.25) is 5.02 Å². The summed E-state index contributed by atoms with van der Waals surface area (Å²) in [5, 5.41) is 5.45. The normalized spacial score (nSPS) is 27.5. The van der Waals surface area contributed by atoms with Crippen molar-refractivity contribution in [3.8, 4) is 0 Å². The molecule has 1 aliphatic carbocycles. The predicted molar refractivity (Wildman–Crippen MR) is 80.4 cm³/mol. The van der Waals surface area contributed by atoms with E-state index in [1.165, 1.54) is 0 Å². The molecule has 1 aromatic carbocycles. The fraction of sp³-hybridized carbons (Fsp3) is 0.571. The Kier molecular flexibility index (Phi) is 4.46. The molecule has 2 N–H and O–H groups in total. The van der Waals surface area contributed by atoms with Crippen LogP contribution in [0.15, 0.2) is 24.3 Å². The molecule has 1 spiro atoms. The average Bonchev–Trinajstić information content (AvgIpc) is 3.04. The van der Waals surface area contributed by atoms with Crippen molar-refractivity contribution < 1.29 is 22.1 Å². The number of nitrogens with two attached hydrogens (primary N) is 1. The Morgan fingerprint density at radius 2 is 1.95 bits per heavy atom. The highest BCUT2D eigenvalue weighted by atomic mass is 35.5. The number of ether oxygens (including phenoxy) is 2. The molecule has 1 heterocycles. The summed E-state index contributed by atoms with van der Waals surface area (Å²) in [5.41, 5.74) is 0.760. The Bertz CT molecular complexity index is 644. The van der Waals surface area contributed by atoms with Crippen LogP contribution in [0.25, 0.3) is 0 Å². The van der Waals surface area contributed by atoms with Gasteiger partial charge in [0.1, 0.15) is 12.2 Å². The zero-order valence-electron chi connectivity index (χ0n) is 11.9. The molecule has 2 atom stereocenters. The lowest BCUT2D eigenvalue weighted by molar-refractivity contribution is -0.171. The van der Waals surface area contributed by atoms with Crippen LogP contribution < -0.4 is 5.14 Å². The molecular formula is C14H18ClNO5S. The first-order valence-corrected chi connectivity index (χ1v) is 9.01. The Labute approximate surface area is 134 Å². The predicted octanol–water partition coefficient (Wildman–Crippen LogP) is 2.29. The van der Waals surface area contributed by atoms with Crippen molar-refractivity contribution in [1.82, 2.24) is 0 Å². The van der Waals surface area contributed by atoms with Gasteiger partial charge < -0.3 is 9.47 Å². The summed E-state index contributed by atoms with van der Waals surface area (Å²) < 4.78 is 38.9.